The van der Waals surface area contributed by atoms with Crippen LogP contribution < -0.4 is 14.2 Å². The highest BCUT2D eigenvalue weighted by Gasteiger charge is 2.54. The van der Waals surface area contributed by atoms with Gasteiger partial charge in [0.15, 0.2) is 5.60 Å². The Morgan fingerprint density at radius 2 is 1.52 bits per heavy atom. The molecule has 2 heterocycles. The highest BCUT2D eigenvalue weighted by atomic mass is 32.1. The fraction of sp³-hybridized carbons (Fsp3) is 0.194. The molecule has 0 amide bonds. The molecule has 0 fully saturated rings. The maximum atomic E-state index is 13.2. The summed E-state index contributed by atoms with van der Waals surface area (Å²) in [6, 6.07) is 19.8. The summed E-state index contributed by atoms with van der Waals surface area (Å²) in [6.45, 7) is 1.80. The van der Waals surface area contributed by atoms with Crippen molar-refractivity contribution in [2.24, 2.45) is 0 Å². The highest BCUT2D eigenvalue weighted by Crippen LogP contribution is 2.59. The largest absolute Gasteiger partial charge is 0.455 e. The van der Waals surface area contributed by atoms with Crippen LogP contribution in [-0.4, -0.2) is 29.4 Å². The SMILES string of the molecule is Cc1c(OC(=O)CCS)ccc2c1Oc1c(ccc3cc(OC(=O)CCS)ccc13)C21OC(=O)c2ccccc21. The van der Waals surface area contributed by atoms with E-state index in [1.54, 1.807) is 43.3 Å². The predicted octanol–water partition coefficient (Wildman–Crippen LogP) is 6.17. The minimum atomic E-state index is -1.28. The number of carbonyl (C=O) groups is 3. The van der Waals surface area contributed by atoms with E-state index in [0.717, 1.165) is 10.8 Å². The van der Waals surface area contributed by atoms with Gasteiger partial charge in [-0.15, -0.1) is 0 Å². The van der Waals surface area contributed by atoms with Crippen LogP contribution in [0, 0.1) is 6.92 Å². The highest BCUT2D eigenvalue weighted by molar-refractivity contribution is 7.80. The van der Waals surface area contributed by atoms with E-state index in [-0.39, 0.29) is 18.8 Å². The van der Waals surface area contributed by atoms with Crippen LogP contribution in [0.2, 0.25) is 0 Å². The van der Waals surface area contributed by atoms with Gasteiger partial charge in [-0.3, -0.25) is 9.59 Å². The molecule has 1 spiro atoms. The fourth-order valence-electron chi connectivity index (χ4n) is 5.33. The zero-order chi connectivity index (χ0) is 28.0. The molecule has 6 rings (SSSR count). The zero-order valence-corrected chi connectivity index (χ0v) is 23.2. The van der Waals surface area contributed by atoms with Gasteiger partial charge in [-0.1, -0.05) is 24.3 Å². The molecule has 40 heavy (non-hydrogen) atoms. The number of thiol groups is 2. The summed E-state index contributed by atoms with van der Waals surface area (Å²) < 4.78 is 23.9. The molecule has 9 heteroatoms. The van der Waals surface area contributed by atoms with E-state index in [9.17, 15) is 14.4 Å². The lowest BCUT2D eigenvalue weighted by Crippen LogP contribution is -2.33. The van der Waals surface area contributed by atoms with Crippen molar-refractivity contribution in [1.29, 1.82) is 0 Å². The second-order valence-corrected chi connectivity index (χ2v) is 10.4. The molecule has 2 aliphatic rings. The monoisotopic (exact) mass is 572 g/mol. The van der Waals surface area contributed by atoms with Gasteiger partial charge in [-0.05, 0) is 54.8 Å². The van der Waals surface area contributed by atoms with E-state index in [4.69, 9.17) is 18.9 Å². The fourth-order valence-corrected chi connectivity index (χ4v) is 5.69. The second-order valence-electron chi connectivity index (χ2n) is 9.50. The topological polar surface area (TPSA) is 88.1 Å². The molecule has 0 radical (unpaired) electrons. The van der Waals surface area contributed by atoms with Crippen molar-refractivity contribution in [3.05, 3.63) is 94.5 Å². The molecule has 2 aliphatic heterocycles. The van der Waals surface area contributed by atoms with Crippen LogP contribution in [0.25, 0.3) is 10.8 Å². The Kier molecular flexibility index (Phi) is 6.72. The molecule has 0 aromatic heterocycles. The number of esters is 3. The van der Waals surface area contributed by atoms with Crippen LogP contribution in [-0.2, 0) is 19.9 Å². The molecule has 1 atom stereocenters. The van der Waals surface area contributed by atoms with E-state index < -0.39 is 17.5 Å². The molecule has 202 valence electrons. The molecule has 4 aromatic carbocycles. The minimum Gasteiger partial charge on any atom is -0.455 e. The lowest BCUT2D eigenvalue weighted by molar-refractivity contribution is -0.134. The van der Waals surface area contributed by atoms with Gasteiger partial charge in [0.1, 0.15) is 23.0 Å². The number of carbonyl (C=O) groups excluding carboxylic acids is 3. The van der Waals surface area contributed by atoms with Gasteiger partial charge in [0.25, 0.3) is 0 Å². The van der Waals surface area contributed by atoms with Crippen LogP contribution in [0.1, 0.15) is 45.5 Å². The Bertz CT molecular complexity index is 1710. The van der Waals surface area contributed by atoms with Crippen molar-refractivity contribution < 1.29 is 33.3 Å². The van der Waals surface area contributed by atoms with Gasteiger partial charge < -0.3 is 18.9 Å². The molecule has 0 saturated carbocycles. The van der Waals surface area contributed by atoms with E-state index in [1.807, 2.05) is 30.3 Å². The van der Waals surface area contributed by atoms with Gasteiger partial charge in [-0.25, -0.2) is 4.79 Å². The number of hydrogen-bond donors (Lipinski definition) is 2. The summed E-state index contributed by atoms with van der Waals surface area (Å²) >= 11 is 8.21. The van der Waals surface area contributed by atoms with Crippen LogP contribution in [0.3, 0.4) is 0 Å². The van der Waals surface area contributed by atoms with Crippen molar-refractivity contribution in [2.75, 3.05) is 11.5 Å². The molecule has 0 aliphatic carbocycles. The minimum absolute atomic E-state index is 0.157. The first-order valence-corrected chi connectivity index (χ1v) is 14.0. The molecular weight excluding hydrogens is 548 g/mol. The average molecular weight is 573 g/mol. The molecule has 0 N–H and O–H groups in total. The summed E-state index contributed by atoms with van der Waals surface area (Å²) in [5.74, 6) is 1.20. The number of rotatable bonds is 6. The number of fused-ring (bicyclic) bond motifs is 8. The third-order valence-electron chi connectivity index (χ3n) is 7.12. The van der Waals surface area contributed by atoms with Gasteiger partial charge in [0.2, 0.25) is 0 Å². The molecule has 7 nitrogen and oxygen atoms in total. The van der Waals surface area contributed by atoms with Crippen LogP contribution >= 0.6 is 25.3 Å². The van der Waals surface area contributed by atoms with Gasteiger partial charge in [-0.2, -0.15) is 25.3 Å². The van der Waals surface area contributed by atoms with Crippen molar-refractivity contribution >= 4 is 53.9 Å². The van der Waals surface area contributed by atoms with E-state index in [1.165, 1.54) is 0 Å². The Morgan fingerprint density at radius 3 is 2.30 bits per heavy atom. The third-order valence-corrected chi connectivity index (χ3v) is 7.57. The molecule has 0 saturated heterocycles. The lowest BCUT2D eigenvalue weighted by Gasteiger charge is -2.37. The summed E-state index contributed by atoms with van der Waals surface area (Å²) in [4.78, 5) is 37.5. The molecular formula is C31H24O7S2. The van der Waals surface area contributed by atoms with Gasteiger partial charge in [0, 0.05) is 39.1 Å². The standard InChI is InChI=1S/C31H24O7S2/c1-17-25(36-27(33)13-15-40)11-10-23-28(17)37-29-20-8-7-19(35-26(32)12-14-39)16-18(20)6-9-24(29)31(23)22-5-3-2-4-21(22)30(34)38-31/h2-11,16,39-40H,12-15H2,1H3. The molecule has 0 bridgehead atoms. The number of ether oxygens (including phenoxy) is 4. The Labute approximate surface area is 241 Å². The quantitative estimate of drug-likeness (QED) is 0.162. The van der Waals surface area contributed by atoms with Crippen molar-refractivity contribution in [3.8, 4) is 23.0 Å². The summed E-state index contributed by atoms with van der Waals surface area (Å²) in [6.07, 6.45) is 0.350. The smallest absolute Gasteiger partial charge is 0.340 e. The van der Waals surface area contributed by atoms with E-state index >= 15 is 0 Å². The van der Waals surface area contributed by atoms with E-state index in [2.05, 4.69) is 25.3 Å². The maximum Gasteiger partial charge on any atom is 0.340 e. The van der Waals surface area contributed by atoms with Gasteiger partial charge >= 0.3 is 17.9 Å². The van der Waals surface area contributed by atoms with Crippen molar-refractivity contribution in [1.82, 2.24) is 0 Å². The lowest BCUT2D eigenvalue weighted by atomic mass is 9.76. The Balaban J connectivity index is 1.56. The molecule has 1 unspecified atom stereocenters. The summed E-state index contributed by atoms with van der Waals surface area (Å²) in [5, 5.41) is 1.49. The molecule has 4 aromatic rings. The third kappa shape index (κ3) is 4.12. The van der Waals surface area contributed by atoms with Crippen molar-refractivity contribution in [3.63, 3.8) is 0 Å². The number of hydrogen-bond acceptors (Lipinski definition) is 9. The Hall–Kier alpha value is -3.95. The Morgan fingerprint density at radius 1 is 0.825 bits per heavy atom. The van der Waals surface area contributed by atoms with E-state index in [0.29, 0.717) is 62.3 Å². The first-order valence-electron chi connectivity index (χ1n) is 12.7. The van der Waals surface area contributed by atoms with Gasteiger partial charge in [0.05, 0.1) is 18.4 Å². The summed E-state index contributed by atoms with van der Waals surface area (Å²) in [5.41, 5.74) is 1.76. The summed E-state index contributed by atoms with van der Waals surface area (Å²) in [7, 11) is 0. The van der Waals surface area contributed by atoms with Crippen LogP contribution in [0.4, 0.5) is 0 Å². The predicted molar refractivity (Wildman–Crippen MR) is 155 cm³/mol. The average Bonchev–Trinajstić information content (AvgIpc) is 3.23. The second kappa shape index (κ2) is 10.2. The number of benzene rings is 4. The zero-order valence-electron chi connectivity index (χ0n) is 21.4. The first-order chi connectivity index (χ1) is 19.4. The van der Waals surface area contributed by atoms with Crippen LogP contribution in [0.5, 0.6) is 23.0 Å². The normalized spacial score (nSPS) is 16.5. The van der Waals surface area contributed by atoms with Crippen molar-refractivity contribution in [2.45, 2.75) is 25.4 Å². The van der Waals surface area contributed by atoms with Crippen LogP contribution in [0.15, 0.2) is 66.7 Å². The first kappa shape index (κ1) is 26.3. The maximum absolute atomic E-state index is 13.2.